The first-order valence-corrected chi connectivity index (χ1v) is 6.80. The van der Waals surface area contributed by atoms with Crippen LogP contribution in [0.4, 0.5) is 0 Å². The fourth-order valence-electron chi connectivity index (χ4n) is 2.04. The molecule has 0 fully saturated rings. The number of hydrogen-bond donors (Lipinski definition) is 1. The lowest BCUT2D eigenvalue weighted by Gasteiger charge is -2.22. The highest BCUT2D eigenvalue weighted by Gasteiger charge is 2.20. The predicted molar refractivity (Wildman–Crippen MR) is 79.7 cm³/mol. The van der Waals surface area contributed by atoms with Crippen LogP contribution in [0.3, 0.4) is 0 Å². The van der Waals surface area contributed by atoms with Gasteiger partial charge in [0.1, 0.15) is 5.75 Å². The number of benzene rings is 1. The summed E-state index contributed by atoms with van der Waals surface area (Å²) in [6.45, 7) is 6.47. The third-order valence-corrected chi connectivity index (χ3v) is 3.26. The van der Waals surface area contributed by atoms with Gasteiger partial charge in [0, 0.05) is 11.6 Å². The quantitative estimate of drug-likeness (QED) is 0.866. The minimum absolute atomic E-state index is 0.185. The van der Waals surface area contributed by atoms with Gasteiger partial charge < -0.3 is 19.3 Å². The number of aliphatic hydroxyl groups is 1. The van der Waals surface area contributed by atoms with Gasteiger partial charge in [-0.3, -0.25) is 0 Å². The smallest absolute Gasteiger partial charge is 0.164 e. The molecule has 0 aliphatic carbocycles. The van der Waals surface area contributed by atoms with Crippen molar-refractivity contribution in [2.24, 2.45) is 5.41 Å². The molecule has 20 heavy (non-hydrogen) atoms. The molecule has 1 aromatic rings. The summed E-state index contributed by atoms with van der Waals surface area (Å²) < 4.78 is 15.9. The van der Waals surface area contributed by atoms with Gasteiger partial charge in [-0.05, 0) is 24.3 Å². The second-order valence-electron chi connectivity index (χ2n) is 6.06. The van der Waals surface area contributed by atoms with Crippen LogP contribution in [-0.2, 0) is 0 Å². The van der Waals surface area contributed by atoms with Crippen molar-refractivity contribution in [1.82, 2.24) is 0 Å². The SMILES string of the molecule is COc1cc(OC)c(C(O)CCC(C)(C)C)cc1OC. The topological polar surface area (TPSA) is 47.9 Å². The van der Waals surface area contributed by atoms with Crippen molar-refractivity contribution >= 4 is 0 Å². The van der Waals surface area contributed by atoms with Gasteiger partial charge in [0.2, 0.25) is 0 Å². The maximum Gasteiger partial charge on any atom is 0.164 e. The van der Waals surface area contributed by atoms with Crippen LogP contribution in [0.5, 0.6) is 17.2 Å². The van der Waals surface area contributed by atoms with Gasteiger partial charge in [-0.1, -0.05) is 20.8 Å². The molecule has 0 heterocycles. The van der Waals surface area contributed by atoms with Gasteiger partial charge in [-0.2, -0.15) is 0 Å². The van der Waals surface area contributed by atoms with E-state index in [-0.39, 0.29) is 5.41 Å². The summed E-state index contributed by atoms with van der Waals surface area (Å²) in [7, 11) is 4.74. The van der Waals surface area contributed by atoms with Crippen molar-refractivity contribution in [2.45, 2.75) is 39.7 Å². The molecule has 0 amide bonds. The van der Waals surface area contributed by atoms with Crippen molar-refractivity contribution in [3.8, 4) is 17.2 Å². The summed E-state index contributed by atoms with van der Waals surface area (Å²) >= 11 is 0. The maximum absolute atomic E-state index is 10.4. The zero-order valence-corrected chi connectivity index (χ0v) is 13.3. The zero-order chi connectivity index (χ0) is 15.3. The molecule has 1 atom stereocenters. The second kappa shape index (κ2) is 6.84. The van der Waals surface area contributed by atoms with Crippen LogP contribution in [-0.4, -0.2) is 26.4 Å². The van der Waals surface area contributed by atoms with E-state index in [0.29, 0.717) is 23.7 Å². The van der Waals surface area contributed by atoms with E-state index in [1.165, 1.54) is 0 Å². The zero-order valence-electron chi connectivity index (χ0n) is 13.3. The number of rotatable bonds is 6. The largest absolute Gasteiger partial charge is 0.496 e. The van der Waals surface area contributed by atoms with Crippen LogP contribution in [0.15, 0.2) is 12.1 Å². The van der Waals surface area contributed by atoms with Crippen LogP contribution in [0.1, 0.15) is 45.3 Å². The number of methoxy groups -OCH3 is 3. The van der Waals surface area contributed by atoms with Crippen molar-refractivity contribution in [3.63, 3.8) is 0 Å². The average molecular weight is 282 g/mol. The highest BCUT2D eigenvalue weighted by molar-refractivity contribution is 5.51. The van der Waals surface area contributed by atoms with Crippen molar-refractivity contribution in [2.75, 3.05) is 21.3 Å². The molecule has 1 N–H and O–H groups in total. The Kier molecular flexibility index (Phi) is 5.69. The Morgan fingerprint density at radius 1 is 0.950 bits per heavy atom. The third-order valence-electron chi connectivity index (χ3n) is 3.26. The van der Waals surface area contributed by atoms with Crippen molar-refractivity contribution < 1.29 is 19.3 Å². The van der Waals surface area contributed by atoms with Crippen LogP contribution >= 0.6 is 0 Å². The van der Waals surface area contributed by atoms with E-state index in [1.54, 1.807) is 33.5 Å². The molecule has 1 aromatic carbocycles. The minimum Gasteiger partial charge on any atom is -0.496 e. The summed E-state index contributed by atoms with van der Waals surface area (Å²) in [6.07, 6.45) is 1.02. The summed E-state index contributed by atoms with van der Waals surface area (Å²) in [4.78, 5) is 0. The molecular weight excluding hydrogens is 256 g/mol. The van der Waals surface area contributed by atoms with E-state index >= 15 is 0 Å². The fraction of sp³-hybridized carbons (Fsp3) is 0.625. The van der Waals surface area contributed by atoms with Crippen molar-refractivity contribution in [3.05, 3.63) is 17.7 Å². The third kappa shape index (κ3) is 4.30. The Balaban J connectivity index is 3.03. The fourth-order valence-corrected chi connectivity index (χ4v) is 2.04. The first-order valence-electron chi connectivity index (χ1n) is 6.80. The molecule has 0 spiro atoms. The van der Waals surface area contributed by atoms with Gasteiger partial charge in [0.05, 0.1) is 27.4 Å². The van der Waals surface area contributed by atoms with Gasteiger partial charge >= 0.3 is 0 Å². The first-order chi connectivity index (χ1) is 9.32. The standard InChI is InChI=1S/C16H26O4/c1-16(2,3)8-7-12(17)11-9-14(19-5)15(20-6)10-13(11)18-4/h9-10,12,17H,7-8H2,1-6H3. The molecule has 4 heteroatoms. The lowest BCUT2D eigenvalue weighted by molar-refractivity contribution is 0.143. The van der Waals surface area contributed by atoms with Crippen LogP contribution < -0.4 is 14.2 Å². The Morgan fingerprint density at radius 2 is 1.45 bits per heavy atom. The highest BCUT2D eigenvalue weighted by atomic mass is 16.5. The average Bonchev–Trinajstić information content (AvgIpc) is 2.42. The van der Waals surface area contributed by atoms with Crippen LogP contribution in [0.2, 0.25) is 0 Å². The van der Waals surface area contributed by atoms with Gasteiger partial charge in [-0.15, -0.1) is 0 Å². The molecule has 1 unspecified atom stereocenters. The molecule has 114 valence electrons. The molecular formula is C16H26O4. The number of aliphatic hydroxyl groups excluding tert-OH is 1. The second-order valence-corrected chi connectivity index (χ2v) is 6.06. The van der Waals surface area contributed by atoms with E-state index in [9.17, 15) is 5.11 Å². The normalized spacial score (nSPS) is 12.9. The summed E-state index contributed by atoms with van der Waals surface area (Å²) in [5, 5.41) is 10.4. The molecule has 0 saturated carbocycles. The molecule has 0 bridgehead atoms. The lowest BCUT2D eigenvalue weighted by atomic mass is 9.88. The van der Waals surface area contributed by atoms with Gasteiger partial charge in [0.25, 0.3) is 0 Å². The lowest BCUT2D eigenvalue weighted by Crippen LogP contribution is -2.09. The van der Waals surface area contributed by atoms with Gasteiger partial charge in [-0.25, -0.2) is 0 Å². The van der Waals surface area contributed by atoms with E-state index in [0.717, 1.165) is 12.0 Å². The molecule has 0 aliphatic heterocycles. The van der Waals surface area contributed by atoms with E-state index < -0.39 is 6.10 Å². The Morgan fingerprint density at radius 3 is 1.90 bits per heavy atom. The molecule has 1 rings (SSSR count). The number of hydrogen-bond acceptors (Lipinski definition) is 4. The molecule has 0 aliphatic rings. The van der Waals surface area contributed by atoms with E-state index in [4.69, 9.17) is 14.2 Å². The Hall–Kier alpha value is -1.42. The molecule has 0 aromatic heterocycles. The highest BCUT2D eigenvalue weighted by Crippen LogP contribution is 2.39. The molecule has 4 nitrogen and oxygen atoms in total. The number of ether oxygens (including phenoxy) is 3. The Labute approximate surface area is 121 Å². The predicted octanol–water partition coefficient (Wildman–Crippen LogP) is 3.57. The van der Waals surface area contributed by atoms with E-state index in [2.05, 4.69) is 20.8 Å². The van der Waals surface area contributed by atoms with Crippen LogP contribution in [0.25, 0.3) is 0 Å². The van der Waals surface area contributed by atoms with Gasteiger partial charge in [0.15, 0.2) is 11.5 Å². The molecule has 0 radical (unpaired) electrons. The first kappa shape index (κ1) is 16.6. The van der Waals surface area contributed by atoms with Crippen LogP contribution in [0, 0.1) is 5.41 Å². The summed E-state index contributed by atoms with van der Waals surface area (Å²) in [6, 6.07) is 3.53. The molecule has 0 saturated heterocycles. The monoisotopic (exact) mass is 282 g/mol. The van der Waals surface area contributed by atoms with E-state index in [1.807, 2.05) is 0 Å². The Bertz CT molecular complexity index is 435. The maximum atomic E-state index is 10.4. The summed E-state index contributed by atoms with van der Waals surface area (Å²) in [5.74, 6) is 1.80. The summed E-state index contributed by atoms with van der Waals surface area (Å²) in [5.41, 5.74) is 0.916. The minimum atomic E-state index is -0.580. The van der Waals surface area contributed by atoms with Crippen molar-refractivity contribution in [1.29, 1.82) is 0 Å².